The number of aryl methyl sites for hydroxylation is 2. The fourth-order valence-corrected chi connectivity index (χ4v) is 5.23. The van der Waals surface area contributed by atoms with Crippen molar-refractivity contribution in [3.8, 4) is 11.5 Å². The van der Waals surface area contributed by atoms with E-state index in [0.717, 1.165) is 15.4 Å². The third kappa shape index (κ3) is 6.68. The van der Waals surface area contributed by atoms with Crippen LogP contribution >= 0.6 is 11.6 Å². The molecule has 1 amide bonds. The van der Waals surface area contributed by atoms with Crippen molar-refractivity contribution >= 4 is 33.2 Å². The maximum absolute atomic E-state index is 13.4. The molecule has 3 aromatic rings. The molecule has 0 saturated heterocycles. The van der Waals surface area contributed by atoms with Crippen molar-refractivity contribution in [3.05, 3.63) is 82.9 Å². The molecular formula is C26H29ClN2O5S. The van der Waals surface area contributed by atoms with Crippen LogP contribution in [0.3, 0.4) is 0 Å². The van der Waals surface area contributed by atoms with Gasteiger partial charge in [-0.25, -0.2) is 8.42 Å². The lowest BCUT2D eigenvalue weighted by Crippen LogP contribution is -2.41. The Labute approximate surface area is 211 Å². The van der Waals surface area contributed by atoms with Gasteiger partial charge in [0, 0.05) is 11.6 Å². The van der Waals surface area contributed by atoms with E-state index in [4.69, 9.17) is 21.1 Å². The molecular weight excluding hydrogens is 488 g/mol. The first-order valence-corrected chi connectivity index (χ1v) is 12.9. The van der Waals surface area contributed by atoms with Gasteiger partial charge in [-0.05, 0) is 73.4 Å². The van der Waals surface area contributed by atoms with E-state index in [1.807, 2.05) is 24.3 Å². The molecule has 9 heteroatoms. The van der Waals surface area contributed by atoms with Gasteiger partial charge in [0.1, 0.15) is 6.54 Å². The summed E-state index contributed by atoms with van der Waals surface area (Å²) in [5.41, 5.74) is 2.23. The van der Waals surface area contributed by atoms with Crippen LogP contribution in [0.25, 0.3) is 0 Å². The summed E-state index contributed by atoms with van der Waals surface area (Å²) in [7, 11) is -0.821. The Bertz CT molecular complexity index is 1260. The predicted molar refractivity (Wildman–Crippen MR) is 138 cm³/mol. The van der Waals surface area contributed by atoms with E-state index in [9.17, 15) is 13.2 Å². The normalized spacial score (nSPS) is 11.1. The van der Waals surface area contributed by atoms with Gasteiger partial charge in [0.15, 0.2) is 11.5 Å². The number of ether oxygens (including phenoxy) is 2. The minimum absolute atomic E-state index is 0.0615. The van der Waals surface area contributed by atoms with Gasteiger partial charge in [0.25, 0.3) is 10.0 Å². The number of nitrogens with zero attached hydrogens (tertiary/aromatic N) is 1. The zero-order valence-electron chi connectivity index (χ0n) is 20.0. The van der Waals surface area contributed by atoms with Gasteiger partial charge in [-0.2, -0.15) is 0 Å². The van der Waals surface area contributed by atoms with Crippen molar-refractivity contribution in [1.29, 1.82) is 0 Å². The second kappa shape index (κ2) is 12.0. The van der Waals surface area contributed by atoms with E-state index in [0.29, 0.717) is 41.6 Å². The van der Waals surface area contributed by atoms with Crippen LogP contribution in [0.2, 0.25) is 5.02 Å². The first-order valence-electron chi connectivity index (χ1n) is 11.1. The quantitative estimate of drug-likeness (QED) is 0.376. The molecule has 0 heterocycles. The van der Waals surface area contributed by atoms with Crippen LogP contribution in [-0.2, 0) is 21.2 Å². The molecule has 3 rings (SSSR count). The van der Waals surface area contributed by atoms with Crippen LogP contribution in [0.4, 0.5) is 5.69 Å². The lowest BCUT2D eigenvalue weighted by molar-refractivity contribution is -0.119. The average molecular weight is 517 g/mol. The highest BCUT2D eigenvalue weighted by Crippen LogP contribution is 2.28. The first kappa shape index (κ1) is 26.4. The topological polar surface area (TPSA) is 84.9 Å². The van der Waals surface area contributed by atoms with E-state index >= 15 is 0 Å². The number of anilines is 1. The highest BCUT2D eigenvalue weighted by atomic mass is 35.5. The van der Waals surface area contributed by atoms with Crippen molar-refractivity contribution in [3.63, 3.8) is 0 Å². The summed E-state index contributed by atoms with van der Waals surface area (Å²) in [5.74, 6) is 0.913. The van der Waals surface area contributed by atoms with E-state index in [2.05, 4.69) is 5.32 Å². The van der Waals surface area contributed by atoms with Crippen LogP contribution in [0.5, 0.6) is 11.5 Å². The van der Waals surface area contributed by atoms with E-state index in [-0.39, 0.29) is 11.4 Å². The molecule has 0 aromatic heterocycles. The average Bonchev–Trinajstić information content (AvgIpc) is 2.85. The Morgan fingerprint density at radius 2 is 1.66 bits per heavy atom. The Hall–Kier alpha value is -3.23. The lowest BCUT2D eigenvalue weighted by Gasteiger charge is -2.25. The number of methoxy groups -OCH3 is 2. The summed E-state index contributed by atoms with van der Waals surface area (Å²) in [6.45, 7) is 1.86. The standard InChI is InChI=1S/C26H29ClN2O5S/c1-19-7-4-5-9-23(19)29(35(31,32)22-13-11-21(27)12-14-22)18-26(30)28-16-6-8-20-10-15-24(33-2)25(17-20)34-3/h4-5,7,9-15,17H,6,8,16,18H2,1-3H3,(H,28,30). The van der Waals surface area contributed by atoms with Gasteiger partial charge in [-0.1, -0.05) is 35.9 Å². The van der Waals surface area contributed by atoms with Crippen LogP contribution in [0.15, 0.2) is 71.6 Å². The molecule has 0 atom stereocenters. The molecule has 0 aliphatic heterocycles. The molecule has 1 N–H and O–H groups in total. The number of nitrogens with one attached hydrogen (secondary N) is 1. The summed E-state index contributed by atoms with van der Waals surface area (Å²) < 4.78 is 38.6. The van der Waals surface area contributed by atoms with Gasteiger partial charge < -0.3 is 14.8 Å². The van der Waals surface area contributed by atoms with Crippen molar-refractivity contribution in [2.24, 2.45) is 0 Å². The Morgan fingerprint density at radius 1 is 0.971 bits per heavy atom. The molecule has 0 saturated carbocycles. The number of sulfonamides is 1. The molecule has 35 heavy (non-hydrogen) atoms. The van der Waals surface area contributed by atoms with Crippen LogP contribution in [0.1, 0.15) is 17.5 Å². The molecule has 0 aliphatic carbocycles. The maximum atomic E-state index is 13.4. The molecule has 7 nitrogen and oxygen atoms in total. The minimum Gasteiger partial charge on any atom is -0.493 e. The molecule has 0 fully saturated rings. The SMILES string of the molecule is COc1ccc(CCCNC(=O)CN(c2ccccc2C)S(=O)(=O)c2ccc(Cl)cc2)cc1OC. The largest absolute Gasteiger partial charge is 0.493 e. The minimum atomic E-state index is -3.99. The fraction of sp³-hybridized carbons (Fsp3) is 0.269. The Morgan fingerprint density at radius 3 is 2.31 bits per heavy atom. The van der Waals surface area contributed by atoms with Crippen molar-refractivity contribution in [2.45, 2.75) is 24.7 Å². The number of benzene rings is 3. The number of rotatable bonds is 11. The van der Waals surface area contributed by atoms with Gasteiger partial charge in [0.05, 0.1) is 24.8 Å². The third-order valence-electron chi connectivity index (χ3n) is 5.49. The van der Waals surface area contributed by atoms with E-state index < -0.39 is 15.9 Å². The molecule has 3 aromatic carbocycles. The van der Waals surface area contributed by atoms with E-state index in [1.54, 1.807) is 39.3 Å². The number of amides is 1. The van der Waals surface area contributed by atoms with Crippen LogP contribution < -0.4 is 19.1 Å². The van der Waals surface area contributed by atoms with Crippen molar-refractivity contribution in [2.75, 3.05) is 31.6 Å². The highest BCUT2D eigenvalue weighted by molar-refractivity contribution is 7.92. The number of halogens is 1. The molecule has 0 radical (unpaired) electrons. The van der Waals surface area contributed by atoms with Crippen LogP contribution in [-0.4, -0.2) is 41.6 Å². The van der Waals surface area contributed by atoms with Gasteiger partial charge in [-0.3, -0.25) is 9.10 Å². The summed E-state index contributed by atoms with van der Waals surface area (Å²) in [6.07, 6.45) is 1.39. The smallest absolute Gasteiger partial charge is 0.264 e. The number of hydrogen-bond acceptors (Lipinski definition) is 5. The monoisotopic (exact) mass is 516 g/mol. The highest BCUT2D eigenvalue weighted by Gasteiger charge is 2.28. The van der Waals surface area contributed by atoms with E-state index in [1.165, 1.54) is 24.3 Å². The Kier molecular flexibility index (Phi) is 9.01. The summed E-state index contributed by atoms with van der Waals surface area (Å²) in [4.78, 5) is 12.9. The predicted octanol–water partition coefficient (Wildman–Crippen LogP) is 4.61. The zero-order valence-corrected chi connectivity index (χ0v) is 21.5. The van der Waals surface area contributed by atoms with Gasteiger partial charge in [-0.15, -0.1) is 0 Å². The first-order chi connectivity index (χ1) is 16.8. The van der Waals surface area contributed by atoms with Gasteiger partial charge in [0.2, 0.25) is 5.91 Å². The number of carbonyl (C=O) groups is 1. The van der Waals surface area contributed by atoms with Crippen LogP contribution in [0, 0.1) is 6.92 Å². The summed E-state index contributed by atoms with van der Waals surface area (Å²) in [6, 6.07) is 18.6. The maximum Gasteiger partial charge on any atom is 0.264 e. The second-order valence-electron chi connectivity index (χ2n) is 7.89. The molecule has 0 aliphatic rings. The van der Waals surface area contributed by atoms with Gasteiger partial charge >= 0.3 is 0 Å². The fourth-order valence-electron chi connectivity index (χ4n) is 3.62. The Balaban J connectivity index is 1.68. The molecule has 0 bridgehead atoms. The summed E-state index contributed by atoms with van der Waals surface area (Å²) in [5, 5.41) is 3.26. The van der Waals surface area contributed by atoms with Crippen molar-refractivity contribution in [1.82, 2.24) is 5.32 Å². The third-order valence-corrected chi connectivity index (χ3v) is 7.51. The lowest BCUT2D eigenvalue weighted by atomic mass is 10.1. The zero-order chi connectivity index (χ0) is 25.4. The number of carbonyl (C=O) groups excluding carboxylic acids is 1. The second-order valence-corrected chi connectivity index (χ2v) is 10.2. The van der Waals surface area contributed by atoms with Crippen molar-refractivity contribution < 1.29 is 22.7 Å². The molecule has 0 unspecified atom stereocenters. The summed E-state index contributed by atoms with van der Waals surface area (Å²) >= 11 is 5.93. The molecule has 186 valence electrons. The number of hydrogen-bond donors (Lipinski definition) is 1. The number of para-hydroxylation sites is 1. The molecule has 0 spiro atoms.